The maximum atomic E-state index is 12.8. The first kappa shape index (κ1) is 15.5. The molecule has 0 saturated heterocycles. The highest BCUT2D eigenvalue weighted by Crippen LogP contribution is 2.27. The van der Waals surface area contributed by atoms with Gasteiger partial charge in [-0.1, -0.05) is 37.3 Å². The summed E-state index contributed by atoms with van der Waals surface area (Å²) in [5, 5.41) is 0. The predicted molar refractivity (Wildman–Crippen MR) is 84.0 cm³/mol. The van der Waals surface area contributed by atoms with Crippen molar-refractivity contribution in [1.29, 1.82) is 0 Å². The Labute approximate surface area is 125 Å². The molecule has 2 rings (SSSR count). The van der Waals surface area contributed by atoms with Gasteiger partial charge in [0, 0.05) is 12.0 Å². The molecule has 0 saturated carbocycles. The summed E-state index contributed by atoms with van der Waals surface area (Å²) in [5.41, 5.74) is 7.19. The van der Waals surface area contributed by atoms with Gasteiger partial charge in [-0.2, -0.15) is 0 Å². The zero-order valence-electron chi connectivity index (χ0n) is 12.4. The molecule has 1 unspecified atom stereocenters. The Morgan fingerprint density at radius 1 is 1.05 bits per heavy atom. The summed E-state index contributed by atoms with van der Waals surface area (Å²) in [6.45, 7) is 3.39. The second-order valence-electron chi connectivity index (χ2n) is 5.54. The first-order valence-electron chi connectivity index (χ1n) is 7.28. The molecule has 112 valence electrons. The summed E-state index contributed by atoms with van der Waals surface area (Å²) < 4.78 is 18.4. The maximum absolute atomic E-state index is 12.8. The van der Waals surface area contributed by atoms with Crippen molar-refractivity contribution in [2.24, 2.45) is 5.73 Å². The molecule has 21 heavy (non-hydrogen) atoms. The van der Waals surface area contributed by atoms with Crippen molar-refractivity contribution in [2.75, 3.05) is 13.2 Å². The molecule has 0 amide bonds. The highest BCUT2D eigenvalue weighted by Gasteiger charge is 2.24. The van der Waals surface area contributed by atoms with Crippen molar-refractivity contribution in [3.05, 3.63) is 66.0 Å². The van der Waals surface area contributed by atoms with Gasteiger partial charge in [0.25, 0.3) is 0 Å². The van der Waals surface area contributed by atoms with Crippen LogP contribution in [0.2, 0.25) is 0 Å². The lowest BCUT2D eigenvalue weighted by Crippen LogP contribution is -2.32. The van der Waals surface area contributed by atoms with E-state index in [2.05, 4.69) is 19.1 Å². The molecule has 2 aromatic rings. The summed E-state index contributed by atoms with van der Waals surface area (Å²) >= 11 is 0. The lowest BCUT2D eigenvalue weighted by molar-refractivity contribution is 0.285. The summed E-state index contributed by atoms with van der Waals surface area (Å²) in [4.78, 5) is 0. The van der Waals surface area contributed by atoms with Gasteiger partial charge in [0.1, 0.15) is 11.6 Å². The van der Waals surface area contributed by atoms with Crippen LogP contribution < -0.4 is 10.5 Å². The Hall–Kier alpha value is -1.87. The maximum Gasteiger partial charge on any atom is 0.123 e. The number of ether oxygens (including phenoxy) is 1. The SMILES string of the molecule is CC(CN)(CCCOc1ccc(F)cc1)c1ccccc1. The van der Waals surface area contributed by atoms with Crippen LogP contribution in [0.3, 0.4) is 0 Å². The monoisotopic (exact) mass is 287 g/mol. The van der Waals surface area contributed by atoms with Crippen LogP contribution in [0.15, 0.2) is 54.6 Å². The molecule has 2 N–H and O–H groups in total. The molecule has 0 radical (unpaired) electrons. The largest absolute Gasteiger partial charge is 0.494 e. The molecule has 0 aliphatic carbocycles. The van der Waals surface area contributed by atoms with Gasteiger partial charge >= 0.3 is 0 Å². The smallest absolute Gasteiger partial charge is 0.123 e. The van der Waals surface area contributed by atoms with Crippen molar-refractivity contribution in [3.8, 4) is 5.75 Å². The molecule has 1 atom stereocenters. The third-order valence-corrected chi connectivity index (χ3v) is 3.88. The first-order chi connectivity index (χ1) is 10.1. The summed E-state index contributed by atoms with van der Waals surface area (Å²) in [7, 11) is 0. The standard InChI is InChI=1S/C18H22FNO/c1-18(14-20,15-6-3-2-4-7-15)12-5-13-21-17-10-8-16(19)9-11-17/h2-4,6-11H,5,12-14,20H2,1H3. The van der Waals surface area contributed by atoms with Gasteiger partial charge < -0.3 is 10.5 Å². The van der Waals surface area contributed by atoms with Gasteiger partial charge in [-0.15, -0.1) is 0 Å². The molecule has 2 nitrogen and oxygen atoms in total. The van der Waals surface area contributed by atoms with E-state index >= 15 is 0 Å². The second kappa shape index (κ2) is 7.23. The number of hydrogen-bond donors (Lipinski definition) is 1. The van der Waals surface area contributed by atoms with Crippen LogP contribution in [0.4, 0.5) is 4.39 Å². The highest BCUT2D eigenvalue weighted by atomic mass is 19.1. The van der Waals surface area contributed by atoms with Crippen LogP contribution >= 0.6 is 0 Å². The fourth-order valence-electron chi connectivity index (χ4n) is 2.39. The van der Waals surface area contributed by atoms with Gasteiger partial charge in [-0.3, -0.25) is 0 Å². The zero-order valence-corrected chi connectivity index (χ0v) is 12.4. The van der Waals surface area contributed by atoms with E-state index in [4.69, 9.17) is 10.5 Å². The number of hydrogen-bond acceptors (Lipinski definition) is 2. The highest BCUT2D eigenvalue weighted by molar-refractivity contribution is 5.25. The lowest BCUT2D eigenvalue weighted by Gasteiger charge is -2.28. The zero-order chi connectivity index (χ0) is 15.1. The molecule has 0 fully saturated rings. The van der Waals surface area contributed by atoms with Crippen molar-refractivity contribution >= 4 is 0 Å². The number of halogens is 1. The van der Waals surface area contributed by atoms with E-state index in [9.17, 15) is 4.39 Å². The van der Waals surface area contributed by atoms with Crippen LogP contribution in [-0.4, -0.2) is 13.2 Å². The average Bonchev–Trinajstić information content (AvgIpc) is 2.54. The Morgan fingerprint density at radius 3 is 2.33 bits per heavy atom. The fraction of sp³-hybridized carbons (Fsp3) is 0.333. The molecule has 0 heterocycles. The Morgan fingerprint density at radius 2 is 1.71 bits per heavy atom. The molecule has 0 spiro atoms. The minimum absolute atomic E-state index is 0.0343. The number of benzene rings is 2. The average molecular weight is 287 g/mol. The molecule has 2 aromatic carbocycles. The third-order valence-electron chi connectivity index (χ3n) is 3.88. The van der Waals surface area contributed by atoms with Crippen molar-refractivity contribution < 1.29 is 9.13 Å². The normalized spacial score (nSPS) is 13.7. The number of rotatable bonds is 7. The van der Waals surface area contributed by atoms with E-state index < -0.39 is 0 Å². The molecular formula is C18H22FNO. The Balaban J connectivity index is 1.85. The van der Waals surface area contributed by atoms with E-state index in [1.807, 2.05) is 18.2 Å². The Bertz CT molecular complexity index is 541. The van der Waals surface area contributed by atoms with Crippen molar-refractivity contribution in [1.82, 2.24) is 0 Å². The predicted octanol–water partition coefficient (Wildman–Crippen LogP) is 3.90. The van der Waals surface area contributed by atoms with Crippen molar-refractivity contribution in [2.45, 2.75) is 25.2 Å². The first-order valence-corrected chi connectivity index (χ1v) is 7.28. The second-order valence-corrected chi connectivity index (χ2v) is 5.54. The van der Waals surface area contributed by atoms with Crippen LogP contribution in [0.25, 0.3) is 0 Å². The quantitative estimate of drug-likeness (QED) is 0.784. The van der Waals surface area contributed by atoms with Gasteiger partial charge in [0.2, 0.25) is 0 Å². The van der Waals surface area contributed by atoms with E-state index in [-0.39, 0.29) is 11.2 Å². The summed E-state index contributed by atoms with van der Waals surface area (Å²) in [6, 6.07) is 16.4. The fourth-order valence-corrected chi connectivity index (χ4v) is 2.39. The molecule has 0 bridgehead atoms. The molecule has 0 aromatic heterocycles. The van der Waals surface area contributed by atoms with E-state index in [1.165, 1.54) is 17.7 Å². The number of nitrogens with two attached hydrogens (primary N) is 1. The van der Waals surface area contributed by atoms with E-state index in [0.717, 1.165) is 12.8 Å². The molecule has 0 aliphatic rings. The van der Waals surface area contributed by atoms with Crippen LogP contribution in [0.5, 0.6) is 5.75 Å². The van der Waals surface area contributed by atoms with Gasteiger partial charge in [-0.05, 0) is 42.7 Å². The van der Waals surface area contributed by atoms with E-state index in [0.29, 0.717) is 18.9 Å². The van der Waals surface area contributed by atoms with E-state index in [1.54, 1.807) is 12.1 Å². The van der Waals surface area contributed by atoms with Crippen LogP contribution in [0, 0.1) is 5.82 Å². The van der Waals surface area contributed by atoms with Crippen LogP contribution in [-0.2, 0) is 5.41 Å². The lowest BCUT2D eigenvalue weighted by atomic mass is 9.79. The molecule has 0 aliphatic heterocycles. The van der Waals surface area contributed by atoms with Crippen LogP contribution in [0.1, 0.15) is 25.3 Å². The Kier molecular flexibility index (Phi) is 5.34. The molecule has 3 heteroatoms. The van der Waals surface area contributed by atoms with Gasteiger partial charge in [-0.25, -0.2) is 4.39 Å². The topological polar surface area (TPSA) is 35.2 Å². The summed E-state index contributed by atoms with van der Waals surface area (Å²) in [5.74, 6) is 0.452. The van der Waals surface area contributed by atoms with Crippen molar-refractivity contribution in [3.63, 3.8) is 0 Å². The summed E-state index contributed by atoms with van der Waals surface area (Å²) in [6.07, 6.45) is 1.86. The van der Waals surface area contributed by atoms with Gasteiger partial charge in [0.15, 0.2) is 0 Å². The third kappa shape index (κ3) is 4.30. The minimum Gasteiger partial charge on any atom is -0.494 e. The molecular weight excluding hydrogens is 265 g/mol. The van der Waals surface area contributed by atoms with Gasteiger partial charge in [0.05, 0.1) is 6.61 Å². The minimum atomic E-state index is -0.248.